The molecule has 0 saturated carbocycles. The van der Waals surface area contributed by atoms with E-state index in [1.807, 2.05) is 25.9 Å². The van der Waals surface area contributed by atoms with Crippen molar-refractivity contribution in [1.82, 2.24) is 19.7 Å². The lowest BCUT2D eigenvalue weighted by Gasteiger charge is -2.20. The summed E-state index contributed by atoms with van der Waals surface area (Å²) in [5, 5.41) is 11.7. The summed E-state index contributed by atoms with van der Waals surface area (Å²) in [7, 11) is 3.80. The summed E-state index contributed by atoms with van der Waals surface area (Å²) in [6.07, 6.45) is -4.66. The van der Waals surface area contributed by atoms with E-state index in [0.29, 0.717) is 16.0 Å². The Labute approximate surface area is 203 Å². The van der Waals surface area contributed by atoms with Crippen LogP contribution in [0, 0.1) is 0 Å². The predicted molar refractivity (Wildman–Crippen MR) is 124 cm³/mol. The van der Waals surface area contributed by atoms with Crippen LogP contribution in [-0.4, -0.2) is 45.4 Å². The topological polar surface area (TPSA) is 63.1 Å². The molecule has 1 heterocycles. The van der Waals surface area contributed by atoms with Crippen molar-refractivity contribution in [2.24, 2.45) is 0 Å². The van der Waals surface area contributed by atoms with Crippen LogP contribution < -0.4 is 5.32 Å². The predicted octanol–water partition coefficient (Wildman–Crippen LogP) is 5.95. The van der Waals surface area contributed by atoms with Gasteiger partial charge >= 0.3 is 6.18 Å². The summed E-state index contributed by atoms with van der Waals surface area (Å²) in [4.78, 5) is 14.4. The van der Waals surface area contributed by atoms with Crippen molar-refractivity contribution >= 4 is 46.6 Å². The van der Waals surface area contributed by atoms with Gasteiger partial charge in [0.05, 0.1) is 23.0 Å². The lowest BCUT2D eigenvalue weighted by molar-refractivity contribution is -0.137. The number of nitrogens with one attached hydrogen (secondary N) is 1. The molecule has 12 heteroatoms. The molecule has 1 aromatic heterocycles. The number of carbonyl (C=O) groups is 1. The van der Waals surface area contributed by atoms with E-state index in [1.54, 1.807) is 28.8 Å². The number of hydrogen-bond acceptors (Lipinski definition) is 5. The van der Waals surface area contributed by atoms with Crippen LogP contribution in [0.25, 0.3) is 5.69 Å². The van der Waals surface area contributed by atoms with Crippen molar-refractivity contribution in [1.29, 1.82) is 0 Å². The number of benzene rings is 2. The molecule has 0 aliphatic heterocycles. The van der Waals surface area contributed by atoms with Crippen LogP contribution in [0.15, 0.2) is 47.6 Å². The molecule has 0 bridgehead atoms. The molecule has 1 unspecified atom stereocenters. The molecule has 0 aliphatic carbocycles. The Morgan fingerprint density at radius 3 is 2.36 bits per heavy atom. The molecule has 1 N–H and O–H groups in total. The Balaban J connectivity index is 1.83. The summed E-state index contributed by atoms with van der Waals surface area (Å²) < 4.78 is 41.7. The van der Waals surface area contributed by atoms with Gasteiger partial charge in [-0.2, -0.15) is 13.2 Å². The van der Waals surface area contributed by atoms with E-state index in [9.17, 15) is 18.0 Å². The zero-order valence-electron chi connectivity index (χ0n) is 17.8. The van der Waals surface area contributed by atoms with Crippen LogP contribution in [0.4, 0.5) is 18.9 Å². The highest BCUT2D eigenvalue weighted by Gasteiger charge is 2.34. The van der Waals surface area contributed by atoms with Gasteiger partial charge in [0, 0.05) is 15.7 Å². The number of alkyl halides is 3. The van der Waals surface area contributed by atoms with Gasteiger partial charge in [-0.15, -0.1) is 10.2 Å². The molecule has 0 aliphatic rings. The Kier molecular flexibility index (Phi) is 7.94. The quantitative estimate of drug-likeness (QED) is 0.392. The van der Waals surface area contributed by atoms with Crippen LogP contribution in [0.3, 0.4) is 0 Å². The average molecular weight is 518 g/mol. The lowest BCUT2D eigenvalue weighted by atomic mass is 10.1. The van der Waals surface area contributed by atoms with Crippen LogP contribution in [0.5, 0.6) is 0 Å². The monoisotopic (exact) mass is 517 g/mol. The van der Waals surface area contributed by atoms with Crippen molar-refractivity contribution in [3.63, 3.8) is 0 Å². The number of hydrogen-bond donors (Lipinski definition) is 1. The summed E-state index contributed by atoms with van der Waals surface area (Å²) in [5.74, 6) is -0.162. The van der Waals surface area contributed by atoms with E-state index in [1.165, 1.54) is 6.07 Å². The number of carbonyl (C=O) groups excluding carboxylic acids is 1. The maximum Gasteiger partial charge on any atom is 0.418 e. The van der Waals surface area contributed by atoms with Gasteiger partial charge in [0.15, 0.2) is 11.0 Å². The molecule has 3 aromatic rings. The summed E-state index contributed by atoms with van der Waals surface area (Å²) in [5.41, 5.74) is -0.633. The number of halogens is 5. The molecular formula is C21H20Cl2F3N5OS. The van der Waals surface area contributed by atoms with E-state index in [4.69, 9.17) is 23.2 Å². The van der Waals surface area contributed by atoms with E-state index in [-0.39, 0.29) is 22.5 Å². The van der Waals surface area contributed by atoms with E-state index in [0.717, 1.165) is 29.6 Å². The normalized spacial score (nSPS) is 12.8. The second-order valence-electron chi connectivity index (χ2n) is 7.32. The van der Waals surface area contributed by atoms with Crippen molar-refractivity contribution < 1.29 is 18.0 Å². The van der Waals surface area contributed by atoms with Gasteiger partial charge in [-0.1, -0.05) is 35.0 Å². The molecule has 1 amide bonds. The van der Waals surface area contributed by atoms with E-state index in [2.05, 4.69) is 15.5 Å². The number of nitrogens with zero attached hydrogens (tertiary/aromatic N) is 4. The standard InChI is InChI=1S/C21H20Cl2F3N5OS/c1-12(30(2)3)19-28-29-20(31(19)15-7-4-13(22)5-8-15)33-11-18(32)27-17-9-6-14(23)10-16(17)21(24,25)26/h4-10,12H,11H2,1-3H3,(H,27,32). The lowest BCUT2D eigenvalue weighted by Crippen LogP contribution is -2.21. The first kappa shape index (κ1) is 25.4. The fraction of sp³-hybridized carbons (Fsp3) is 0.286. The van der Waals surface area contributed by atoms with Crippen LogP contribution in [0.2, 0.25) is 10.0 Å². The number of aromatic nitrogens is 3. The van der Waals surface area contributed by atoms with Gasteiger partial charge in [-0.05, 0) is 63.5 Å². The Hall–Kier alpha value is -2.27. The third-order valence-corrected chi connectivity index (χ3v) is 6.20. The third-order valence-electron chi connectivity index (χ3n) is 4.78. The van der Waals surface area contributed by atoms with E-state index >= 15 is 0 Å². The highest BCUT2D eigenvalue weighted by Crippen LogP contribution is 2.36. The van der Waals surface area contributed by atoms with Gasteiger partial charge in [-0.25, -0.2) is 0 Å². The second-order valence-corrected chi connectivity index (χ2v) is 9.13. The van der Waals surface area contributed by atoms with Gasteiger partial charge in [0.25, 0.3) is 0 Å². The summed E-state index contributed by atoms with van der Waals surface area (Å²) in [6.45, 7) is 1.96. The Morgan fingerprint density at radius 1 is 1.12 bits per heavy atom. The zero-order valence-corrected chi connectivity index (χ0v) is 20.1. The number of thioether (sulfide) groups is 1. The summed E-state index contributed by atoms with van der Waals surface area (Å²) >= 11 is 12.8. The molecule has 3 rings (SSSR count). The largest absolute Gasteiger partial charge is 0.418 e. The van der Waals surface area contributed by atoms with Gasteiger partial charge < -0.3 is 5.32 Å². The first-order valence-electron chi connectivity index (χ1n) is 9.64. The second kappa shape index (κ2) is 10.3. The van der Waals surface area contributed by atoms with Crippen LogP contribution in [0.1, 0.15) is 24.4 Å². The van der Waals surface area contributed by atoms with Crippen molar-refractivity contribution in [2.75, 3.05) is 25.2 Å². The number of anilines is 1. The maximum atomic E-state index is 13.3. The van der Waals surface area contributed by atoms with Crippen LogP contribution in [-0.2, 0) is 11.0 Å². The smallest absolute Gasteiger partial charge is 0.325 e. The molecule has 176 valence electrons. The Morgan fingerprint density at radius 2 is 1.76 bits per heavy atom. The van der Waals surface area contributed by atoms with Gasteiger partial charge in [0.2, 0.25) is 5.91 Å². The minimum absolute atomic E-state index is 0.0756. The first-order valence-corrected chi connectivity index (χ1v) is 11.4. The molecule has 33 heavy (non-hydrogen) atoms. The highest BCUT2D eigenvalue weighted by molar-refractivity contribution is 7.99. The fourth-order valence-corrected chi connectivity index (χ4v) is 3.94. The maximum absolute atomic E-state index is 13.3. The number of amides is 1. The molecule has 2 aromatic carbocycles. The third kappa shape index (κ3) is 6.20. The molecular weight excluding hydrogens is 498 g/mol. The highest BCUT2D eigenvalue weighted by atomic mass is 35.5. The number of rotatable bonds is 7. The van der Waals surface area contributed by atoms with Crippen LogP contribution >= 0.6 is 35.0 Å². The minimum Gasteiger partial charge on any atom is -0.325 e. The average Bonchev–Trinajstić information content (AvgIpc) is 3.16. The molecule has 0 spiro atoms. The first-order chi connectivity index (χ1) is 15.5. The van der Waals surface area contributed by atoms with Crippen molar-refractivity contribution in [3.8, 4) is 5.69 Å². The fourth-order valence-electron chi connectivity index (χ4n) is 2.89. The van der Waals surface area contributed by atoms with Crippen molar-refractivity contribution in [3.05, 3.63) is 63.9 Å². The summed E-state index contributed by atoms with van der Waals surface area (Å²) in [6, 6.07) is 10.1. The molecule has 6 nitrogen and oxygen atoms in total. The molecule has 0 saturated heterocycles. The SMILES string of the molecule is CC(c1nnc(SCC(=O)Nc2ccc(Cl)cc2C(F)(F)F)n1-c1ccc(Cl)cc1)N(C)C. The molecule has 1 atom stereocenters. The minimum atomic E-state index is -4.66. The zero-order chi connectivity index (χ0) is 24.3. The van der Waals surface area contributed by atoms with E-state index < -0.39 is 17.6 Å². The van der Waals surface area contributed by atoms with Gasteiger partial charge in [-0.3, -0.25) is 14.3 Å². The van der Waals surface area contributed by atoms with Crippen molar-refractivity contribution in [2.45, 2.75) is 24.3 Å². The Bertz CT molecular complexity index is 1140. The molecule has 0 fully saturated rings. The van der Waals surface area contributed by atoms with Gasteiger partial charge in [0.1, 0.15) is 0 Å². The molecule has 0 radical (unpaired) electrons.